The Labute approximate surface area is 138 Å². The molecule has 0 unspecified atom stereocenters. The van der Waals surface area contributed by atoms with Crippen LogP contribution in [0.1, 0.15) is 16.2 Å². The van der Waals surface area contributed by atoms with E-state index in [0.29, 0.717) is 11.1 Å². The fourth-order valence-corrected chi connectivity index (χ4v) is 4.32. The third-order valence-corrected chi connectivity index (χ3v) is 5.54. The number of benzene rings is 1. The molecule has 0 amide bonds. The van der Waals surface area contributed by atoms with E-state index < -0.39 is 16.0 Å². The van der Waals surface area contributed by atoms with Gasteiger partial charge < -0.3 is 9.67 Å². The lowest BCUT2D eigenvalue weighted by atomic mass is 10.2. The van der Waals surface area contributed by atoms with Gasteiger partial charge in [0.05, 0.1) is 6.20 Å². The smallest absolute Gasteiger partial charge is 0.356 e. The maximum absolute atomic E-state index is 12.9. The van der Waals surface area contributed by atoms with Crippen molar-refractivity contribution in [3.8, 4) is 0 Å². The highest BCUT2D eigenvalue weighted by molar-refractivity contribution is 7.93. The van der Waals surface area contributed by atoms with Gasteiger partial charge in [-0.05, 0) is 13.0 Å². The molecule has 3 rings (SSSR count). The monoisotopic (exact) mass is 348 g/mol. The number of aryl methyl sites for hydroxylation is 2. The highest BCUT2D eigenvalue weighted by Gasteiger charge is 2.27. The summed E-state index contributed by atoms with van der Waals surface area (Å²) in [7, 11) is -0.764. The van der Waals surface area contributed by atoms with Crippen molar-refractivity contribution in [2.24, 2.45) is 14.1 Å². The molecule has 0 aliphatic carbocycles. The van der Waals surface area contributed by atoms with Crippen LogP contribution < -0.4 is 4.72 Å². The average Bonchev–Trinajstić information content (AvgIpc) is 2.98. The van der Waals surface area contributed by atoms with Gasteiger partial charge in [-0.2, -0.15) is 5.10 Å². The molecule has 3 aromatic rings. The predicted octanol–water partition coefficient (Wildman–Crippen LogP) is 1.72. The summed E-state index contributed by atoms with van der Waals surface area (Å²) in [5.74, 6) is -1.26. The minimum absolute atomic E-state index is 0.0719. The zero-order chi connectivity index (χ0) is 17.6. The zero-order valence-corrected chi connectivity index (χ0v) is 14.1. The number of carbonyl (C=O) groups is 1. The van der Waals surface area contributed by atoms with Crippen molar-refractivity contribution in [2.45, 2.75) is 11.8 Å². The maximum Gasteiger partial charge on any atom is 0.356 e. The van der Waals surface area contributed by atoms with Gasteiger partial charge in [0.25, 0.3) is 10.0 Å². The van der Waals surface area contributed by atoms with E-state index in [1.165, 1.54) is 13.2 Å². The van der Waals surface area contributed by atoms with Gasteiger partial charge in [0.15, 0.2) is 5.69 Å². The average molecular weight is 348 g/mol. The lowest BCUT2D eigenvalue weighted by molar-refractivity contribution is 0.0686. The number of anilines is 1. The number of carboxylic acids is 1. The maximum atomic E-state index is 12.9. The number of hydrogen-bond acceptors (Lipinski definition) is 4. The van der Waals surface area contributed by atoms with Gasteiger partial charge >= 0.3 is 5.97 Å². The van der Waals surface area contributed by atoms with Crippen molar-refractivity contribution >= 4 is 32.6 Å². The van der Waals surface area contributed by atoms with Crippen molar-refractivity contribution in [1.29, 1.82) is 0 Å². The number of nitrogens with one attached hydrogen (secondary N) is 1. The number of nitrogens with zero attached hydrogens (tertiary/aromatic N) is 3. The number of carboxylic acid groups (broad SMARTS) is 1. The van der Waals surface area contributed by atoms with Gasteiger partial charge in [-0.3, -0.25) is 9.40 Å². The molecule has 0 bridgehead atoms. The first-order chi connectivity index (χ1) is 11.2. The number of rotatable bonds is 4. The van der Waals surface area contributed by atoms with Crippen LogP contribution in [0.3, 0.4) is 0 Å². The summed E-state index contributed by atoms with van der Waals surface area (Å²) in [6, 6.07) is 7.13. The van der Waals surface area contributed by atoms with Gasteiger partial charge in [-0.1, -0.05) is 18.2 Å². The summed E-state index contributed by atoms with van der Waals surface area (Å²) in [6.07, 6.45) is 1.18. The Morgan fingerprint density at radius 3 is 2.58 bits per heavy atom. The van der Waals surface area contributed by atoms with Crippen LogP contribution >= 0.6 is 0 Å². The van der Waals surface area contributed by atoms with E-state index in [-0.39, 0.29) is 16.3 Å². The van der Waals surface area contributed by atoms with E-state index in [2.05, 4.69) is 9.82 Å². The fraction of sp³-hybridized carbons (Fsp3) is 0.200. The second-order valence-electron chi connectivity index (χ2n) is 5.43. The summed E-state index contributed by atoms with van der Waals surface area (Å²) in [4.78, 5) is 11.4. The highest BCUT2D eigenvalue weighted by Crippen LogP contribution is 2.30. The van der Waals surface area contributed by atoms with E-state index in [9.17, 15) is 18.3 Å². The number of aromatic nitrogens is 3. The molecule has 9 heteroatoms. The Bertz CT molecular complexity index is 1060. The van der Waals surface area contributed by atoms with E-state index in [0.717, 1.165) is 10.2 Å². The normalized spacial score (nSPS) is 11.8. The van der Waals surface area contributed by atoms with E-state index in [1.807, 2.05) is 12.1 Å². The molecule has 126 valence electrons. The van der Waals surface area contributed by atoms with E-state index in [1.54, 1.807) is 30.7 Å². The summed E-state index contributed by atoms with van der Waals surface area (Å²) >= 11 is 0. The van der Waals surface area contributed by atoms with Crippen molar-refractivity contribution in [2.75, 3.05) is 4.72 Å². The molecule has 0 saturated carbocycles. The topological polar surface area (TPSA) is 106 Å². The number of aromatic carboxylic acids is 1. The van der Waals surface area contributed by atoms with Crippen LogP contribution in [0.25, 0.3) is 10.9 Å². The summed E-state index contributed by atoms with van der Waals surface area (Å²) in [5, 5.41) is 13.6. The van der Waals surface area contributed by atoms with Gasteiger partial charge in [-0.25, -0.2) is 13.2 Å². The summed E-state index contributed by atoms with van der Waals surface area (Å²) < 4.78 is 31.0. The van der Waals surface area contributed by atoms with Gasteiger partial charge in [-0.15, -0.1) is 0 Å². The zero-order valence-electron chi connectivity index (χ0n) is 13.3. The third-order valence-electron chi connectivity index (χ3n) is 4.00. The largest absolute Gasteiger partial charge is 0.476 e. The number of para-hydroxylation sites is 1. The molecule has 24 heavy (non-hydrogen) atoms. The summed E-state index contributed by atoms with van der Waals surface area (Å²) in [6.45, 7) is 1.70. The molecule has 0 aliphatic rings. The standard InChI is InChI=1S/C15H16N4O4S/c1-9-14(10-6-4-5-7-12(10)18(9)2)24(22,23)17-11-8-16-19(3)13(11)15(20)21/h4-8,17H,1-3H3,(H,20,21). The molecule has 2 N–H and O–H groups in total. The Kier molecular flexibility index (Phi) is 3.60. The molecule has 0 aliphatic heterocycles. The van der Waals surface area contributed by atoms with Crippen LogP contribution in [0.15, 0.2) is 35.4 Å². The first-order valence-electron chi connectivity index (χ1n) is 7.06. The molecule has 0 atom stereocenters. The molecular weight excluding hydrogens is 332 g/mol. The Balaban J connectivity index is 2.17. The lowest BCUT2D eigenvalue weighted by Crippen LogP contribution is -2.17. The molecule has 0 spiro atoms. The van der Waals surface area contributed by atoms with Crippen LogP contribution in [0.5, 0.6) is 0 Å². The quantitative estimate of drug-likeness (QED) is 0.747. The van der Waals surface area contributed by atoms with Crippen molar-refractivity contribution in [3.05, 3.63) is 41.9 Å². The Morgan fingerprint density at radius 1 is 1.25 bits per heavy atom. The van der Waals surface area contributed by atoms with Gasteiger partial charge in [0, 0.05) is 30.7 Å². The first-order valence-corrected chi connectivity index (χ1v) is 8.54. The second-order valence-corrected chi connectivity index (χ2v) is 7.05. The lowest BCUT2D eigenvalue weighted by Gasteiger charge is -2.08. The molecule has 1 aromatic carbocycles. The number of hydrogen-bond donors (Lipinski definition) is 2. The molecular formula is C15H16N4O4S. The van der Waals surface area contributed by atoms with Crippen molar-refractivity contribution in [3.63, 3.8) is 0 Å². The van der Waals surface area contributed by atoms with Crippen LogP contribution in [0.2, 0.25) is 0 Å². The van der Waals surface area contributed by atoms with Crippen LogP contribution in [-0.2, 0) is 24.1 Å². The molecule has 0 fully saturated rings. The molecule has 0 radical (unpaired) electrons. The first kappa shape index (κ1) is 16.1. The SMILES string of the molecule is Cc1c(S(=O)(=O)Nc2cnn(C)c2C(=O)O)c2ccccc2n1C. The summed E-state index contributed by atoms with van der Waals surface area (Å²) in [5.41, 5.74) is 1.04. The minimum atomic E-state index is -3.98. The molecule has 0 saturated heterocycles. The minimum Gasteiger partial charge on any atom is -0.476 e. The Morgan fingerprint density at radius 2 is 1.92 bits per heavy atom. The Hall–Kier alpha value is -2.81. The van der Waals surface area contributed by atoms with Crippen molar-refractivity contribution < 1.29 is 18.3 Å². The highest BCUT2D eigenvalue weighted by atomic mass is 32.2. The molecule has 2 aromatic heterocycles. The van der Waals surface area contributed by atoms with Crippen LogP contribution in [0.4, 0.5) is 5.69 Å². The van der Waals surface area contributed by atoms with Crippen molar-refractivity contribution in [1.82, 2.24) is 14.3 Å². The van der Waals surface area contributed by atoms with Gasteiger partial charge in [0.1, 0.15) is 10.6 Å². The van der Waals surface area contributed by atoms with Crippen LogP contribution in [0, 0.1) is 6.92 Å². The third kappa shape index (κ3) is 2.33. The predicted molar refractivity (Wildman–Crippen MR) is 88.6 cm³/mol. The number of sulfonamides is 1. The number of fused-ring (bicyclic) bond motifs is 1. The fourth-order valence-electron chi connectivity index (χ4n) is 2.79. The van der Waals surface area contributed by atoms with E-state index >= 15 is 0 Å². The van der Waals surface area contributed by atoms with E-state index in [4.69, 9.17) is 0 Å². The molecule has 2 heterocycles. The van der Waals surface area contributed by atoms with Gasteiger partial charge in [0.2, 0.25) is 0 Å². The molecule has 8 nitrogen and oxygen atoms in total. The van der Waals surface area contributed by atoms with Crippen LogP contribution in [-0.4, -0.2) is 33.8 Å². The second kappa shape index (κ2) is 5.38.